The van der Waals surface area contributed by atoms with Gasteiger partial charge < -0.3 is 15.7 Å². The molecule has 0 saturated heterocycles. The summed E-state index contributed by atoms with van der Waals surface area (Å²) in [6, 6.07) is 0.388. The molecular weight excluding hydrogens is 220 g/mol. The van der Waals surface area contributed by atoms with E-state index in [0.29, 0.717) is 18.4 Å². The van der Waals surface area contributed by atoms with Crippen LogP contribution < -0.4 is 10.6 Å². The van der Waals surface area contributed by atoms with E-state index >= 15 is 0 Å². The van der Waals surface area contributed by atoms with Crippen molar-refractivity contribution in [3.63, 3.8) is 0 Å². The first-order valence-electron chi connectivity index (χ1n) is 5.71. The summed E-state index contributed by atoms with van der Waals surface area (Å²) in [6.45, 7) is 0.556. The van der Waals surface area contributed by atoms with Crippen molar-refractivity contribution >= 4 is 11.7 Å². The maximum Gasteiger partial charge on any atom is 0.268 e. The summed E-state index contributed by atoms with van der Waals surface area (Å²) in [5.41, 5.74) is 5.33. The highest BCUT2D eigenvalue weighted by Crippen LogP contribution is 2.27. The van der Waals surface area contributed by atoms with Crippen LogP contribution in [0.15, 0.2) is 12.4 Å². The molecule has 1 aromatic rings. The lowest BCUT2D eigenvalue weighted by molar-refractivity contribution is 0.0995. The lowest BCUT2D eigenvalue weighted by Crippen LogP contribution is -2.42. The van der Waals surface area contributed by atoms with E-state index in [0.717, 1.165) is 12.8 Å². The molecule has 6 nitrogen and oxygen atoms in total. The Kier molecular flexibility index (Phi) is 3.53. The van der Waals surface area contributed by atoms with Crippen molar-refractivity contribution in [1.29, 1.82) is 0 Å². The third-order valence-electron chi connectivity index (χ3n) is 3.02. The van der Waals surface area contributed by atoms with Gasteiger partial charge in [0.2, 0.25) is 0 Å². The lowest BCUT2D eigenvalue weighted by Gasteiger charge is -2.37. The molecule has 1 heterocycles. The fraction of sp³-hybridized carbons (Fsp3) is 0.545. The van der Waals surface area contributed by atoms with Crippen molar-refractivity contribution in [2.45, 2.75) is 25.3 Å². The molecule has 0 spiro atoms. The molecule has 0 radical (unpaired) electrons. The molecular formula is C11H16N4O2. The summed E-state index contributed by atoms with van der Waals surface area (Å²) in [4.78, 5) is 21.2. The van der Waals surface area contributed by atoms with Crippen molar-refractivity contribution in [3.8, 4) is 0 Å². The van der Waals surface area contributed by atoms with Crippen molar-refractivity contribution < 1.29 is 9.90 Å². The fourth-order valence-electron chi connectivity index (χ4n) is 1.90. The number of primary amides is 1. The van der Waals surface area contributed by atoms with Gasteiger partial charge in [-0.2, -0.15) is 0 Å². The summed E-state index contributed by atoms with van der Waals surface area (Å²) >= 11 is 0. The van der Waals surface area contributed by atoms with Crippen molar-refractivity contribution in [2.75, 3.05) is 18.1 Å². The number of carbonyl (C=O) groups excluding carboxylic acids is 1. The number of nitrogens with zero attached hydrogens (tertiary/aromatic N) is 3. The zero-order valence-electron chi connectivity index (χ0n) is 9.54. The first-order valence-corrected chi connectivity index (χ1v) is 5.71. The number of carbonyl (C=O) groups is 1. The quantitative estimate of drug-likeness (QED) is 0.746. The fourth-order valence-corrected chi connectivity index (χ4v) is 1.90. The largest absolute Gasteiger partial charge is 0.395 e. The lowest BCUT2D eigenvalue weighted by atomic mass is 9.91. The molecule has 0 unspecified atom stereocenters. The molecule has 0 bridgehead atoms. The summed E-state index contributed by atoms with van der Waals surface area (Å²) < 4.78 is 0. The van der Waals surface area contributed by atoms with Gasteiger partial charge in [0.15, 0.2) is 0 Å². The maximum absolute atomic E-state index is 11.0. The van der Waals surface area contributed by atoms with Gasteiger partial charge in [-0.25, -0.2) is 4.98 Å². The first-order chi connectivity index (χ1) is 8.22. The number of amides is 1. The Morgan fingerprint density at radius 3 is 2.82 bits per heavy atom. The van der Waals surface area contributed by atoms with Crippen LogP contribution in [0, 0.1) is 0 Å². The third kappa shape index (κ3) is 2.52. The predicted octanol–water partition coefficient (Wildman–Crippen LogP) is -0.0733. The van der Waals surface area contributed by atoms with E-state index in [4.69, 9.17) is 10.8 Å². The number of aromatic nitrogens is 2. The molecule has 0 atom stereocenters. The van der Waals surface area contributed by atoms with Crippen LogP contribution in [0.5, 0.6) is 0 Å². The van der Waals surface area contributed by atoms with E-state index in [2.05, 4.69) is 9.97 Å². The van der Waals surface area contributed by atoms with Gasteiger partial charge in [0, 0.05) is 12.6 Å². The zero-order valence-corrected chi connectivity index (χ0v) is 9.54. The van der Waals surface area contributed by atoms with Gasteiger partial charge in [0.05, 0.1) is 19.0 Å². The molecule has 2 rings (SSSR count). The van der Waals surface area contributed by atoms with Crippen molar-refractivity contribution in [1.82, 2.24) is 9.97 Å². The second kappa shape index (κ2) is 5.09. The molecule has 1 amide bonds. The number of anilines is 1. The molecule has 1 fully saturated rings. The second-order valence-electron chi connectivity index (χ2n) is 4.13. The summed E-state index contributed by atoms with van der Waals surface area (Å²) in [6.07, 6.45) is 6.31. The minimum absolute atomic E-state index is 0.0545. The van der Waals surface area contributed by atoms with Crippen LogP contribution in [0.4, 0.5) is 5.82 Å². The van der Waals surface area contributed by atoms with Gasteiger partial charge in [-0.1, -0.05) is 0 Å². The van der Waals surface area contributed by atoms with Crippen molar-refractivity contribution in [2.24, 2.45) is 5.73 Å². The van der Waals surface area contributed by atoms with E-state index < -0.39 is 5.91 Å². The standard InChI is InChI=1S/C11H16N4O2/c12-11(17)9-6-13-7-10(14-9)15(4-5-16)8-2-1-3-8/h6-8,16H,1-5H2,(H2,12,17). The highest BCUT2D eigenvalue weighted by molar-refractivity contribution is 5.90. The number of aliphatic hydroxyl groups is 1. The molecule has 1 aliphatic rings. The molecule has 17 heavy (non-hydrogen) atoms. The average Bonchev–Trinajstić information content (AvgIpc) is 2.26. The number of hydrogen-bond donors (Lipinski definition) is 2. The Hall–Kier alpha value is -1.69. The Morgan fingerprint density at radius 1 is 1.53 bits per heavy atom. The second-order valence-corrected chi connectivity index (χ2v) is 4.13. The van der Waals surface area contributed by atoms with Crippen molar-refractivity contribution in [3.05, 3.63) is 18.1 Å². The topological polar surface area (TPSA) is 92.3 Å². The summed E-state index contributed by atoms with van der Waals surface area (Å²) in [5, 5.41) is 9.06. The molecule has 3 N–H and O–H groups in total. The molecule has 1 aromatic heterocycles. The number of hydrogen-bond acceptors (Lipinski definition) is 5. The van der Waals surface area contributed by atoms with Crippen LogP contribution in [0.25, 0.3) is 0 Å². The Labute approximate surface area is 99.5 Å². The highest BCUT2D eigenvalue weighted by Gasteiger charge is 2.26. The smallest absolute Gasteiger partial charge is 0.268 e. The Morgan fingerprint density at radius 2 is 2.29 bits per heavy atom. The van der Waals surface area contributed by atoms with Gasteiger partial charge in [0.1, 0.15) is 11.5 Å². The van der Waals surface area contributed by atoms with E-state index in [9.17, 15) is 4.79 Å². The van der Waals surface area contributed by atoms with E-state index in [-0.39, 0.29) is 12.3 Å². The van der Waals surface area contributed by atoms with Gasteiger partial charge in [-0.3, -0.25) is 9.78 Å². The third-order valence-corrected chi connectivity index (χ3v) is 3.02. The summed E-state index contributed by atoms with van der Waals surface area (Å²) in [7, 11) is 0. The molecule has 6 heteroatoms. The van der Waals surface area contributed by atoms with E-state index in [1.165, 1.54) is 12.6 Å². The molecule has 1 saturated carbocycles. The Balaban J connectivity index is 2.22. The molecule has 92 valence electrons. The van der Waals surface area contributed by atoms with Crippen LogP contribution in [0.2, 0.25) is 0 Å². The SMILES string of the molecule is NC(=O)c1cncc(N(CCO)C2CCC2)n1. The number of nitrogens with two attached hydrogens (primary N) is 1. The number of aliphatic hydroxyl groups excluding tert-OH is 1. The monoisotopic (exact) mass is 236 g/mol. The first kappa shape index (κ1) is 11.8. The van der Waals surface area contributed by atoms with Gasteiger partial charge in [0.25, 0.3) is 5.91 Å². The van der Waals surface area contributed by atoms with Gasteiger partial charge >= 0.3 is 0 Å². The Bertz CT molecular complexity index is 406. The minimum atomic E-state index is -0.586. The average molecular weight is 236 g/mol. The van der Waals surface area contributed by atoms with E-state index in [1.54, 1.807) is 6.20 Å². The van der Waals surface area contributed by atoms with Gasteiger partial charge in [-0.05, 0) is 19.3 Å². The van der Waals surface area contributed by atoms with Crippen LogP contribution in [0.1, 0.15) is 29.8 Å². The van der Waals surface area contributed by atoms with Crippen LogP contribution in [0.3, 0.4) is 0 Å². The number of rotatable bonds is 5. The van der Waals surface area contributed by atoms with Crippen LogP contribution in [-0.2, 0) is 0 Å². The van der Waals surface area contributed by atoms with Crippen LogP contribution >= 0.6 is 0 Å². The zero-order chi connectivity index (χ0) is 12.3. The normalized spacial score (nSPS) is 15.4. The summed E-state index contributed by atoms with van der Waals surface area (Å²) in [5.74, 6) is 0.0250. The molecule has 0 aliphatic heterocycles. The van der Waals surface area contributed by atoms with Crippen LogP contribution in [-0.4, -0.2) is 40.2 Å². The molecule has 0 aromatic carbocycles. The van der Waals surface area contributed by atoms with E-state index in [1.807, 2.05) is 4.90 Å². The predicted molar refractivity (Wildman–Crippen MR) is 62.6 cm³/mol. The maximum atomic E-state index is 11.0. The minimum Gasteiger partial charge on any atom is -0.395 e. The van der Waals surface area contributed by atoms with Gasteiger partial charge in [-0.15, -0.1) is 0 Å². The molecule has 1 aliphatic carbocycles. The highest BCUT2D eigenvalue weighted by atomic mass is 16.3.